The van der Waals surface area contributed by atoms with Gasteiger partial charge in [0.1, 0.15) is 0 Å². The molecule has 0 aromatic rings. The van der Waals surface area contributed by atoms with Crippen LogP contribution in [0.2, 0.25) is 0 Å². The van der Waals surface area contributed by atoms with Gasteiger partial charge >= 0.3 is 0 Å². The highest BCUT2D eigenvalue weighted by molar-refractivity contribution is 14.0. The lowest BCUT2D eigenvalue weighted by Crippen LogP contribution is -2.45. The first-order valence-corrected chi connectivity index (χ1v) is 11.0. The van der Waals surface area contributed by atoms with Crippen molar-refractivity contribution in [1.82, 2.24) is 10.6 Å². The van der Waals surface area contributed by atoms with Gasteiger partial charge in [-0.1, -0.05) is 19.8 Å². The van der Waals surface area contributed by atoms with E-state index in [1.807, 2.05) is 13.8 Å². The monoisotopic (exact) mass is 487 g/mol. The minimum absolute atomic E-state index is 0. The maximum atomic E-state index is 11.6. The van der Waals surface area contributed by atoms with Gasteiger partial charge < -0.3 is 15.7 Å². The van der Waals surface area contributed by atoms with Gasteiger partial charge in [0.2, 0.25) is 0 Å². The summed E-state index contributed by atoms with van der Waals surface area (Å²) in [6.45, 7) is 7.41. The number of sulfone groups is 1. The van der Waals surface area contributed by atoms with Crippen LogP contribution in [0.5, 0.6) is 0 Å². The van der Waals surface area contributed by atoms with E-state index in [9.17, 15) is 13.5 Å². The molecule has 148 valence electrons. The molecule has 1 aliphatic heterocycles. The van der Waals surface area contributed by atoms with Gasteiger partial charge in [0, 0.05) is 18.0 Å². The Kier molecular flexibility index (Phi) is 8.93. The number of aliphatic imine (C=N–C) groups is 1. The van der Waals surface area contributed by atoms with E-state index in [-0.39, 0.29) is 53.2 Å². The molecule has 0 bridgehead atoms. The molecule has 6 nitrogen and oxygen atoms in total. The zero-order chi connectivity index (χ0) is 17.8. The van der Waals surface area contributed by atoms with E-state index in [1.165, 1.54) is 0 Å². The smallest absolute Gasteiger partial charge is 0.191 e. The third kappa shape index (κ3) is 7.21. The van der Waals surface area contributed by atoms with Crippen LogP contribution >= 0.6 is 24.0 Å². The molecular formula is C17H34IN3O3S. The molecular weight excluding hydrogens is 453 g/mol. The Morgan fingerprint density at radius 2 is 2.04 bits per heavy atom. The van der Waals surface area contributed by atoms with Crippen LogP contribution in [0.4, 0.5) is 0 Å². The fraction of sp³-hybridized carbons (Fsp3) is 0.941. The molecule has 0 aromatic heterocycles. The number of aliphatic hydroxyl groups is 1. The summed E-state index contributed by atoms with van der Waals surface area (Å²) in [7, 11) is -2.85. The van der Waals surface area contributed by atoms with Crippen LogP contribution in [0.25, 0.3) is 0 Å². The van der Waals surface area contributed by atoms with Crippen molar-refractivity contribution in [3.05, 3.63) is 0 Å². The van der Waals surface area contributed by atoms with Crippen LogP contribution in [0, 0.1) is 11.3 Å². The Balaban J connectivity index is 0.00000312. The zero-order valence-electron chi connectivity index (χ0n) is 15.6. The van der Waals surface area contributed by atoms with Gasteiger partial charge in [-0.25, -0.2) is 8.42 Å². The van der Waals surface area contributed by atoms with Crippen molar-refractivity contribution in [2.75, 3.05) is 24.6 Å². The molecule has 1 saturated heterocycles. The third-order valence-electron chi connectivity index (χ3n) is 5.19. The molecule has 8 heteroatoms. The number of hydrogen-bond acceptors (Lipinski definition) is 4. The molecule has 0 radical (unpaired) electrons. The molecule has 1 heterocycles. The molecule has 3 unspecified atom stereocenters. The van der Waals surface area contributed by atoms with Crippen molar-refractivity contribution in [2.24, 2.45) is 16.3 Å². The van der Waals surface area contributed by atoms with Gasteiger partial charge in [0.15, 0.2) is 15.8 Å². The van der Waals surface area contributed by atoms with E-state index >= 15 is 0 Å². The summed E-state index contributed by atoms with van der Waals surface area (Å²) in [6.07, 6.45) is 4.51. The Morgan fingerprint density at radius 1 is 1.32 bits per heavy atom. The molecule has 2 aliphatic rings. The first-order chi connectivity index (χ1) is 11.2. The highest BCUT2D eigenvalue weighted by atomic mass is 127. The standard InChI is InChI=1S/C17H33N3O3S.HI/c1-13(2)20-16(18-10-14-7-9-24(22,23)11-14)19-12-17(3)8-5-4-6-15(17)21;/h13-15,21H,4-12H2,1-3H3,(H2,18,19,20);1H. The van der Waals surface area contributed by atoms with Gasteiger partial charge in [-0.05, 0) is 39.0 Å². The maximum Gasteiger partial charge on any atom is 0.191 e. The Hall–Kier alpha value is -0.0900. The van der Waals surface area contributed by atoms with Crippen LogP contribution < -0.4 is 10.6 Å². The van der Waals surface area contributed by atoms with Gasteiger partial charge in [0.25, 0.3) is 0 Å². The quantitative estimate of drug-likeness (QED) is 0.313. The topological polar surface area (TPSA) is 90.8 Å². The number of hydrogen-bond donors (Lipinski definition) is 3. The lowest BCUT2D eigenvalue weighted by atomic mass is 9.73. The van der Waals surface area contributed by atoms with Crippen molar-refractivity contribution in [3.8, 4) is 0 Å². The molecule has 1 aliphatic carbocycles. The number of nitrogens with zero attached hydrogens (tertiary/aromatic N) is 1. The summed E-state index contributed by atoms with van der Waals surface area (Å²) in [4.78, 5) is 4.69. The average molecular weight is 487 g/mol. The SMILES string of the molecule is CC(C)NC(=NCC1(C)CCCCC1O)NCC1CCS(=O)(=O)C1.I. The van der Waals surface area contributed by atoms with Crippen molar-refractivity contribution in [2.45, 2.75) is 65.0 Å². The summed E-state index contributed by atoms with van der Waals surface area (Å²) in [5.41, 5.74) is -0.166. The molecule has 2 fully saturated rings. The summed E-state index contributed by atoms with van der Waals surface area (Å²) >= 11 is 0. The van der Waals surface area contributed by atoms with Crippen LogP contribution in [0.15, 0.2) is 4.99 Å². The summed E-state index contributed by atoms with van der Waals surface area (Å²) < 4.78 is 23.1. The van der Waals surface area contributed by atoms with E-state index in [0.29, 0.717) is 24.8 Å². The summed E-state index contributed by atoms with van der Waals surface area (Å²) in [5, 5.41) is 16.9. The van der Waals surface area contributed by atoms with E-state index in [4.69, 9.17) is 4.99 Å². The Bertz CT molecular complexity index is 553. The second kappa shape index (κ2) is 9.73. The van der Waals surface area contributed by atoms with Crippen LogP contribution in [-0.2, 0) is 9.84 Å². The molecule has 0 amide bonds. The lowest BCUT2D eigenvalue weighted by molar-refractivity contribution is 0.00715. The predicted octanol–water partition coefficient (Wildman–Crippen LogP) is 1.92. The highest BCUT2D eigenvalue weighted by Gasteiger charge is 2.35. The van der Waals surface area contributed by atoms with Crippen LogP contribution in [0.3, 0.4) is 0 Å². The van der Waals surface area contributed by atoms with Crippen molar-refractivity contribution in [1.29, 1.82) is 0 Å². The summed E-state index contributed by atoms with van der Waals surface area (Å²) in [5.74, 6) is 1.44. The number of guanidine groups is 1. The van der Waals surface area contributed by atoms with E-state index in [1.54, 1.807) is 0 Å². The van der Waals surface area contributed by atoms with Crippen molar-refractivity contribution >= 4 is 39.8 Å². The molecule has 25 heavy (non-hydrogen) atoms. The van der Waals surface area contributed by atoms with Gasteiger partial charge in [-0.3, -0.25) is 4.99 Å². The number of halogens is 1. The zero-order valence-corrected chi connectivity index (χ0v) is 18.8. The molecule has 2 rings (SSSR count). The third-order valence-corrected chi connectivity index (χ3v) is 7.03. The molecule has 0 aromatic carbocycles. The van der Waals surface area contributed by atoms with Gasteiger partial charge in [-0.2, -0.15) is 0 Å². The van der Waals surface area contributed by atoms with Crippen molar-refractivity contribution in [3.63, 3.8) is 0 Å². The Labute approximate surface area is 169 Å². The van der Waals surface area contributed by atoms with E-state index < -0.39 is 9.84 Å². The first kappa shape index (κ1) is 23.0. The minimum Gasteiger partial charge on any atom is -0.392 e. The second-order valence-corrected chi connectivity index (χ2v) is 10.3. The predicted molar refractivity (Wildman–Crippen MR) is 113 cm³/mol. The number of rotatable bonds is 5. The summed E-state index contributed by atoms with van der Waals surface area (Å²) in [6, 6.07) is 0.243. The molecule has 0 spiro atoms. The fourth-order valence-electron chi connectivity index (χ4n) is 3.53. The van der Waals surface area contributed by atoms with E-state index in [2.05, 4.69) is 17.6 Å². The second-order valence-electron chi connectivity index (χ2n) is 8.03. The molecule has 3 atom stereocenters. The van der Waals surface area contributed by atoms with Crippen LogP contribution in [0.1, 0.15) is 52.9 Å². The van der Waals surface area contributed by atoms with E-state index in [0.717, 1.165) is 32.1 Å². The van der Waals surface area contributed by atoms with Crippen LogP contribution in [-0.4, -0.2) is 56.2 Å². The normalized spacial score (nSPS) is 32.3. The Morgan fingerprint density at radius 3 is 2.60 bits per heavy atom. The minimum atomic E-state index is -2.85. The molecule has 3 N–H and O–H groups in total. The lowest BCUT2D eigenvalue weighted by Gasteiger charge is -2.37. The first-order valence-electron chi connectivity index (χ1n) is 9.13. The average Bonchev–Trinajstić information content (AvgIpc) is 2.84. The fourth-order valence-corrected chi connectivity index (χ4v) is 5.39. The molecule has 1 saturated carbocycles. The highest BCUT2D eigenvalue weighted by Crippen LogP contribution is 2.36. The van der Waals surface area contributed by atoms with Gasteiger partial charge in [0.05, 0.1) is 24.2 Å². The largest absolute Gasteiger partial charge is 0.392 e. The number of nitrogens with one attached hydrogen (secondary N) is 2. The number of aliphatic hydroxyl groups excluding tert-OH is 1. The van der Waals surface area contributed by atoms with Gasteiger partial charge in [-0.15, -0.1) is 24.0 Å². The van der Waals surface area contributed by atoms with Crippen molar-refractivity contribution < 1.29 is 13.5 Å². The maximum absolute atomic E-state index is 11.6.